The molecule has 0 unspecified atom stereocenters. The lowest BCUT2D eigenvalue weighted by Gasteiger charge is -2.43. The molecule has 32 heavy (non-hydrogen) atoms. The lowest BCUT2D eigenvalue weighted by molar-refractivity contribution is -0.161. The first-order valence-corrected chi connectivity index (χ1v) is 11.1. The van der Waals surface area contributed by atoms with Crippen LogP contribution in [0, 0.1) is 6.57 Å². The highest BCUT2D eigenvalue weighted by Crippen LogP contribution is 2.50. The molecule has 4 atom stereocenters. The highest BCUT2D eigenvalue weighted by Gasteiger charge is 2.63. The van der Waals surface area contributed by atoms with E-state index in [1.807, 2.05) is 25.1 Å². The van der Waals surface area contributed by atoms with Gasteiger partial charge in [-0.05, 0) is 24.6 Å². The molecule has 1 aromatic rings. The van der Waals surface area contributed by atoms with Gasteiger partial charge in [-0.25, -0.2) is 6.57 Å². The van der Waals surface area contributed by atoms with Crippen molar-refractivity contribution in [1.29, 1.82) is 0 Å². The second-order valence-electron chi connectivity index (χ2n) is 9.11. The number of hydrogen-bond acceptors (Lipinski definition) is 6. The van der Waals surface area contributed by atoms with Crippen LogP contribution in [-0.2, 0) is 14.3 Å². The molecule has 170 valence electrons. The van der Waals surface area contributed by atoms with Gasteiger partial charge in [-0.15, -0.1) is 0 Å². The van der Waals surface area contributed by atoms with Crippen LogP contribution in [0.5, 0.6) is 11.5 Å². The summed E-state index contributed by atoms with van der Waals surface area (Å²) in [6, 6.07) is 3.81. The first-order valence-electron chi connectivity index (χ1n) is 11.1. The molecule has 0 saturated carbocycles. The Balaban J connectivity index is 1.42. The summed E-state index contributed by atoms with van der Waals surface area (Å²) in [6.07, 6.45) is 0.320. The Morgan fingerprint density at radius 1 is 1.12 bits per heavy atom. The molecule has 0 bridgehead atoms. The van der Waals surface area contributed by atoms with E-state index in [9.17, 15) is 9.59 Å². The third-order valence-corrected chi connectivity index (χ3v) is 7.19. The minimum Gasteiger partial charge on any atom is -0.454 e. The number of rotatable bonds is 4. The molecule has 9 nitrogen and oxygen atoms in total. The van der Waals surface area contributed by atoms with Gasteiger partial charge >= 0.3 is 0 Å². The van der Waals surface area contributed by atoms with Crippen molar-refractivity contribution in [3.8, 4) is 11.5 Å². The average Bonchev–Trinajstić information content (AvgIpc) is 3.40. The Labute approximate surface area is 187 Å². The van der Waals surface area contributed by atoms with Gasteiger partial charge in [0.15, 0.2) is 11.5 Å². The predicted molar refractivity (Wildman–Crippen MR) is 114 cm³/mol. The van der Waals surface area contributed by atoms with Crippen LogP contribution in [0.2, 0.25) is 0 Å². The van der Waals surface area contributed by atoms with E-state index in [2.05, 4.69) is 9.74 Å². The summed E-state index contributed by atoms with van der Waals surface area (Å²) in [6.45, 7) is 16.0. The molecule has 4 heterocycles. The highest BCUT2D eigenvalue weighted by molar-refractivity contribution is 5.98. The molecule has 0 aromatic heterocycles. The van der Waals surface area contributed by atoms with Crippen LogP contribution in [0.15, 0.2) is 18.2 Å². The molecule has 4 aliphatic rings. The van der Waals surface area contributed by atoms with Gasteiger partial charge in [0.2, 0.25) is 18.6 Å². The van der Waals surface area contributed by atoms with Gasteiger partial charge in [-0.2, -0.15) is 0 Å². The summed E-state index contributed by atoms with van der Waals surface area (Å²) < 4.78 is 16.3. The number of hydrogen-bond donors (Lipinski definition) is 0. The molecular weight excluding hydrogens is 412 g/mol. The van der Waals surface area contributed by atoms with Crippen molar-refractivity contribution in [3.63, 3.8) is 0 Å². The molecule has 3 saturated heterocycles. The summed E-state index contributed by atoms with van der Waals surface area (Å²) in [4.78, 5) is 36.7. The fourth-order valence-electron chi connectivity index (χ4n) is 5.39. The van der Waals surface area contributed by atoms with Crippen molar-refractivity contribution in [3.05, 3.63) is 35.2 Å². The Morgan fingerprint density at radius 2 is 1.88 bits per heavy atom. The number of amides is 2. The smallest absolute Gasteiger partial charge is 0.256 e. The molecule has 0 aliphatic carbocycles. The molecule has 9 heteroatoms. The van der Waals surface area contributed by atoms with Crippen LogP contribution >= 0.6 is 0 Å². The zero-order valence-corrected chi connectivity index (χ0v) is 18.5. The molecule has 0 radical (unpaired) electrons. The number of carbonyl (C=O) groups excluding carboxylic acids is 2. The van der Waals surface area contributed by atoms with Crippen molar-refractivity contribution < 1.29 is 23.8 Å². The van der Waals surface area contributed by atoms with Gasteiger partial charge in [0.1, 0.15) is 18.1 Å². The minimum absolute atomic E-state index is 0.0662. The maximum absolute atomic E-state index is 13.6. The summed E-state index contributed by atoms with van der Waals surface area (Å²) in [5, 5.41) is 0. The van der Waals surface area contributed by atoms with Crippen LogP contribution in [-0.4, -0.2) is 90.3 Å². The fraction of sp³-hybridized carbons (Fsp3) is 0.609. The van der Waals surface area contributed by atoms with Crippen molar-refractivity contribution >= 4 is 11.8 Å². The third-order valence-electron chi connectivity index (χ3n) is 7.19. The van der Waals surface area contributed by atoms with E-state index in [1.54, 1.807) is 16.7 Å². The van der Waals surface area contributed by atoms with Crippen LogP contribution in [0.1, 0.15) is 31.9 Å². The van der Waals surface area contributed by atoms with Gasteiger partial charge in [-0.1, -0.05) is 6.07 Å². The standard InChI is InChI=1S/C23H28N4O5/c1-15-21(28)27-17(22(29)26(15)7-6-25-8-10-30-11-9-25)13-23(2,24-3)20(27)16-4-5-18-19(12-16)32-14-31-18/h4-5,12,15,17,20H,6-11,13-14H2,1-2H3/t15-,17+,20+,23+/m1/s1. The van der Waals surface area contributed by atoms with E-state index in [0.717, 1.165) is 18.7 Å². The summed E-state index contributed by atoms with van der Waals surface area (Å²) in [5.74, 6) is 1.08. The summed E-state index contributed by atoms with van der Waals surface area (Å²) in [7, 11) is 0. The second-order valence-corrected chi connectivity index (χ2v) is 9.11. The van der Waals surface area contributed by atoms with Crippen molar-refractivity contribution in [2.75, 3.05) is 46.2 Å². The normalized spacial score (nSPS) is 32.2. The number of benzene rings is 1. The van der Waals surface area contributed by atoms with Gasteiger partial charge < -0.3 is 28.9 Å². The van der Waals surface area contributed by atoms with Gasteiger partial charge in [0, 0.05) is 33.1 Å². The Morgan fingerprint density at radius 3 is 2.62 bits per heavy atom. The topological polar surface area (TPSA) is 75.9 Å². The van der Waals surface area contributed by atoms with Gasteiger partial charge in [0.25, 0.3) is 5.54 Å². The van der Waals surface area contributed by atoms with Crippen molar-refractivity contribution in [2.45, 2.75) is 43.9 Å². The van der Waals surface area contributed by atoms with Crippen LogP contribution in [0.3, 0.4) is 0 Å². The number of fused-ring (bicyclic) bond motifs is 2. The largest absolute Gasteiger partial charge is 0.454 e. The predicted octanol–water partition coefficient (Wildman–Crippen LogP) is 1.30. The van der Waals surface area contributed by atoms with E-state index in [4.69, 9.17) is 20.8 Å². The molecule has 0 spiro atoms. The highest BCUT2D eigenvalue weighted by atomic mass is 16.7. The zero-order chi connectivity index (χ0) is 22.5. The molecule has 3 fully saturated rings. The van der Waals surface area contributed by atoms with E-state index in [-0.39, 0.29) is 18.6 Å². The number of ether oxygens (including phenoxy) is 3. The lowest BCUT2D eigenvalue weighted by atomic mass is 9.87. The Hall–Kier alpha value is -2.83. The fourth-order valence-corrected chi connectivity index (χ4v) is 5.39. The third kappa shape index (κ3) is 3.29. The monoisotopic (exact) mass is 440 g/mol. The average molecular weight is 441 g/mol. The van der Waals surface area contributed by atoms with Gasteiger partial charge in [0.05, 0.1) is 19.6 Å². The molecule has 2 amide bonds. The minimum atomic E-state index is -0.899. The maximum Gasteiger partial charge on any atom is 0.256 e. The first-order chi connectivity index (χ1) is 15.4. The zero-order valence-electron chi connectivity index (χ0n) is 18.5. The molecular formula is C23H28N4O5. The molecule has 0 N–H and O–H groups in total. The molecule has 5 rings (SSSR count). The Kier molecular flexibility index (Phi) is 5.22. The Bertz CT molecular complexity index is 972. The number of piperazine rings is 1. The molecule has 4 aliphatic heterocycles. The SMILES string of the molecule is [C-]#[N+][C@@]1(C)C[C@H]2C(=O)N(CCN3CCOCC3)[C@H](C)C(=O)N2[C@H]1c1ccc2c(c1)OCO2. The molecule has 1 aromatic carbocycles. The first kappa shape index (κ1) is 21.0. The van der Waals surface area contributed by atoms with E-state index in [1.165, 1.54) is 0 Å². The van der Waals surface area contributed by atoms with Crippen molar-refractivity contribution in [1.82, 2.24) is 14.7 Å². The van der Waals surface area contributed by atoms with Crippen molar-refractivity contribution in [2.24, 2.45) is 0 Å². The number of nitrogens with zero attached hydrogens (tertiary/aromatic N) is 4. The van der Waals surface area contributed by atoms with E-state index < -0.39 is 23.7 Å². The number of morpholine rings is 1. The van der Waals surface area contributed by atoms with Crippen LogP contribution in [0.4, 0.5) is 0 Å². The van der Waals surface area contributed by atoms with E-state index in [0.29, 0.717) is 44.2 Å². The second kappa shape index (κ2) is 7.94. The van der Waals surface area contributed by atoms with Crippen LogP contribution < -0.4 is 9.47 Å². The summed E-state index contributed by atoms with van der Waals surface area (Å²) >= 11 is 0. The maximum atomic E-state index is 13.6. The van der Waals surface area contributed by atoms with Gasteiger partial charge in [-0.3, -0.25) is 14.5 Å². The summed E-state index contributed by atoms with van der Waals surface area (Å²) in [5.41, 5.74) is -0.103. The van der Waals surface area contributed by atoms with Crippen LogP contribution in [0.25, 0.3) is 4.85 Å². The lowest BCUT2D eigenvalue weighted by Crippen LogP contribution is -2.63. The number of carbonyl (C=O) groups is 2. The van der Waals surface area contributed by atoms with E-state index >= 15 is 0 Å². The quantitative estimate of drug-likeness (QED) is 0.657.